The van der Waals surface area contributed by atoms with Crippen LogP contribution in [0.3, 0.4) is 0 Å². The lowest BCUT2D eigenvalue weighted by Crippen LogP contribution is -2.28. The van der Waals surface area contributed by atoms with E-state index in [1.807, 2.05) is 37.3 Å². The van der Waals surface area contributed by atoms with E-state index in [4.69, 9.17) is 0 Å². The first-order chi connectivity index (χ1) is 14.2. The minimum absolute atomic E-state index is 0.0464. The number of hydrogen-bond acceptors (Lipinski definition) is 5. The van der Waals surface area contributed by atoms with Gasteiger partial charge in [-0.05, 0) is 43.5 Å². The second kappa shape index (κ2) is 7.31. The summed E-state index contributed by atoms with van der Waals surface area (Å²) < 4.78 is 3.77. The molecule has 0 unspecified atom stereocenters. The number of fused-ring (bicyclic) bond motifs is 3. The van der Waals surface area contributed by atoms with Crippen LogP contribution in [-0.4, -0.2) is 37.2 Å². The van der Waals surface area contributed by atoms with Crippen molar-refractivity contribution in [3.05, 3.63) is 64.2 Å². The van der Waals surface area contributed by atoms with Gasteiger partial charge in [0.1, 0.15) is 0 Å². The summed E-state index contributed by atoms with van der Waals surface area (Å²) >= 11 is 0. The number of pyridine rings is 1. The van der Waals surface area contributed by atoms with Crippen LogP contribution in [0.25, 0.3) is 16.7 Å². The van der Waals surface area contributed by atoms with Gasteiger partial charge in [0, 0.05) is 25.5 Å². The molecule has 1 fully saturated rings. The molecule has 0 aliphatic carbocycles. The molecule has 3 aromatic heterocycles. The van der Waals surface area contributed by atoms with Gasteiger partial charge in [-0.1, -0.05) is 30.5 Å². The topological polar surface area (TPSA) is 68.3 Å². The van der Waals surface area contributed by atoms with Crippen LogP contribution < -0.4 is 10.5 Å². The second-order valence-electron chi connectivity index (χ2n) is 7.81. The zero-order valence-corrected chi connectivity index (χ0v) is 16.6. The summed E-state index contributed by atoms with van der Waals surface area (Å²) in [6.45, 7) is 4.36. The fourth-order valence-corrected chi connectivity index (χ4v) is 4.20. The molecule has 0 saturated carbocycles. The lowest BCUT2D eigenvalue weighted by molar-refractivity contribution is 0.726. The maximum atomic E-state index is 13.4. The zero-order chi connectivity index (χ0) is 19.8. The van der Waals surface area contributed by atoms with Crippen LogP contribution in [0.1, 0.15) is 36.8 Å². The summed E-state index contributed by atoms with van der Waals surface area (Å²) in [4.78, 5) is 19.9. The standard InChI is InChI=1S/C22H24N6O/c1-16-8-9-19-18(13-16)20(29)27(15-17-7-6-10-23-14-17)22-25-24-21(28(19)22)26-11-4-2-3-5-12-26/h6-10,13-14H,2-5,11-12,15H2,1H3. The van der Waals surface area contributed by atoms with E-state index in [9.17, 15) is 4.79 Å². The van der Waals surface area contributed by atoms with Crippen LogP contribution in [0.4, 0.5) is 5.95 Å². The number of aryl methyl sites for hydroxylation is 1. The third-order valence-electron chi connectivity index (χ3n) is 5.69. The molecule has 7 nitrogen and oxygen atoms in total. The highest BCUT2D eigenvalue weighted by Gasteiger charge is 2.21. The SMILES string of the molecule is Cc1ccc2c(c1)c(=O)n(Cc1cccnc1)c1nnc(N3CCCCCC3)n21. The highest BCUT2D eigenvalue weighted by atomic mass is 16.1. The molecule has 0 atom stereocenters. The Labute approximate surface area is 168 Å². The van der Waals surface area contributed by atoms with Crippen molar-refractivity contribution in [1.29, 1.82) is 0 Å². The third kappa shape index (κ3) is 3.16. The highest BCUT2D eigenvalue weighted by molar-refractivity contribution is 5.82. The Bertz CT molecular complexity index is 1220. The van der Waals surface area contributed by atoms with Gasteiger partial charge in [-0.25, -0.2) is 4.40 Å². The van der Waals surface area contributed by atoms with E-state index in [0.29, 0.717) is 17.7 Å². The molecule has 4 aromatic rings. The van der Waals surface area contributed by atoms with Gasteiger partial charge in [-0.15, -0.1) is 10.2 Å². The Hall–Kier alpha value is -3.22. The fraction of sp³-hybridized carbons (Fsp3) is 0.364. The van der Waals surface area contributed by atoms with E-state index < -0.39 is 0 Å². The average molecular weight is 388 g/mol. The summed E-state index contributed by atoms with van der Waals surface area (Å²) in [6, 6.07) is 9.87. The largest absolute Gasteiger partial charge is 0.341 e. The molecule has 7 heteroatoms. The number of hydrogen-bond donors (Lipinski definition) is 0. The van der Waals surface area contributed by atoms with Gasteiger partial charge in [-0.3, -0.25) is 14.3 Å². The smallest absolute Gasteiger partial charge is 0.263 e. The first kappa shape index (κ1) is 17.8. The van der Waals surface area contributed by atoms with Gasteiger partial charge in [0.15, 0.2) is 0 Å². The van der Waals surface area contributed by atoms with Crippen LogP contribution in [0, 0.1) is 6.92 Å². The van der Waals surface area contributed by atoms with Gasteiger partial charge in [0.05, 0.1) is 17.4 Å². The van der Waals surface area contributed by atoms with Gasteiger partial charge < -0.3 is 4.90 Å². The summed E-state index contributed by atoms with van der Waals surface area (Å²) in [5.41, 5.74) is 2.84. The van der Waals surface area contributed by atoms with E-state index in [-0.39, 0.29) is 5.56 Å². The molecular weight excluding hydrogens is 364 g/mol. The molecule has 1 aliphatic rings. The molecule has 0 amide bonds. The fourth-order valence-electron chi connectivity index (χ4n) is 4.20. The monoisotopic (exact) mass is 388 g/mol. The van der Waals surface area contributed by atoms with E-state index in [1.54, 1.807) is 17.0 Å². The molecule has 0 N–H and O–H groups in total. The zero-order valence-electron chi connectivity index (χ0n) is 16.6. The van der Waals surface area contributed by atoms with Crippen molar-refractivity contribution < 1.29 is 0 Å². The van der Waals surface area contributed by atoms with E-state index in [1.165, 1.54) is 12.8 Å². The van der Waals surface area contributed by atoms with Crippen molar-refractivity contribution in [1.82, 2.24) is 24.1 Å². The van der Waals surface area contributed by atoms with Crippen molar-refractivity contribution in [3.8, 4) is 0 Å². The molecule has 29 heavy (non-hydrogen) atoms. The van der Waals surface area contributed by atoms with Gasteiger partial charge in [0.2, 0.25) is 11.7 Å². The molecule has 0 bridgehead atoms. The molecular formula is C22H24N6O. The summed E-state index contributed by atoms with van der Waals surface area (Å²) in [7, 11) is 0. The van der Waals surface area contributed by atoms with Crippen LogP contribution >= 0.6 is 0 Å². The minimum atomic E-state index is -0.0464. The second-order valence-corrected chi connectivity index (χ2v) is 7.81. The predicted molar refractivity (Wildman–Crippen MR) is 114 cm³/mol. The molecule has 0 radical (unpaired) electrons. The molecule has 4 heterocycles. The number of rotatable bonds is 3. The van der Waals surface area contributed by atoms with Crippen molar-refractivity contribution in [2.45, 2.75) is 39.2 Å². The first-order valence-corrected chi connectivity index (χ1v) is 10.2. The number of nitrogens with zero attached hydrogens (tertiary/aromatic N) is 6. The maximum Gasteiger partial charge on any atom is 0.263 e. The quantitative estimate of drug-likeness (QED) is 0.539. The number of benzene rings is 1. The highest BCUT2D eigenvalue weighted by Crippen LogP contribution is 2.23. The molecule has 5 rings (SSSR count). The predicted octanol–water partition coefficient (Wildman–Crippen LogP) is 3.18. The average Bonchev–Trinajstić information content (AvgIpc) is 2.99. The Morgan fingerprint density at radius 2 is 1.86 bits per heavy atom. The van der Waals surface area contributed by atoms with Gasteiger partial charge in [-0.2, -0.15) is 0 Å². The van der Waals surface area contributed by atoms with Gasteiger partial charge >= 0.3 is 0 Å². The van der Waals surface area contributed by atoms with Crippen molar-refractivity contribution in [2.75, 3.05) is 18.0 Å². The van der Waals surface area contributed by atoms with Crippen LogP contribution in [0.5, 0.6) is 0 Å². The summed E-state index contributed by atoms with van der Waals surface area (Å²) in [6.07, 6.45) is 8.33. The molecule has 1 saturated heterocycles. The maximum absolute atomic E-state index is 13.4. The minimum Gasteiger partial charge on any atom is -0.341 e. The number of aromatic nitrogens is 5. The Kier molecular flexibility index (Phi) is 4.50. The van der Waals surface area contributed by atoms with E-state index in [0.717, 1.165) is 48.5 Å². The lowest BCUT2D eigenvalue weighted by Gasteiger charge is -2.21. The summed E-state index contributed by atoms with van der Waals surface area (Å²) in [5.74, 6) is 1.41. The van der Waals surface area contributed by atoms with Gasteiger partial charge in [0.25, 0.3) is 5.56 Å². The molecule has 1 aliphatic heterocycles. The normalized spacial score (nSPS) is 15.1. The summed E-state index contributed by atoms with van der Waals surface area (Å²) in [5, 5.41) is 9.70. The van der Waals surface area contributed by atoms with Crippen LogP contribution in [0.2, 0.25) is 0 Å². The van der Waals surface area contributed by atoms with Crippen molar-refractivity contribution in [3.63, 3.8) is 0 Å². The Balaban J connectivity index is 1.77. The van der Waals surface area contributed by atoms with Crippen molar-refractivity contribution >= 4 is 22.6 Å². The Morgan fingerprint density at radius 1 is 1.03 bits per heavy atom. The van der Waals surface area contributed by atoms with Crippen LogP contribution in [0.15, 0.2) is 47.5 Å². The number of anilines is 1. The molecule has 148 valence electrons. The third-order valence-corrected chi connectivity index (χ3v) is 5.69. The van der Waals surface area contributed by atoms with E-state index >= 15 is 0 Å². The van der Waals surface area contributed by atoms with Crippen molar-refractivity contribution in [2.24, 2.45) is 0 Å². The van der Waals surface area contributed by atoms with Crippen LogP contribution in [-0.2, 0) is 6.54 Å². The Morgan fingerprint density at radius 3 is 2.62 bits per heavy atom. The van der Waals surface area contributed by atoms with E-state index in [2.05, 4.69) is 24.5 Å². The first-order valence-electron chi connectivity index (χ1n) is 10.2. The lowest BCUT2D eigenvalue weighted by atomic mass is 10.1. The molecule has 0 spiro atoms. The molecule has 1 aromatic carbocycles.